The fourth-order valence-corrected chi connectivity index (χ4v) is 8.08. The van der Waals surface area contributed by atoms with Crippen molar-refractivity contribution >= 4 is 21.6 Å². The normalized spacial score (nSPS) is 37.9. The molecule has 0 saturated heterocycles. The topological polar surface area (TPSA) is 75.3 Å². The lowest BCUT2D eigenvalue weighted by molar-refractivity contribution is -0.116. The average Bonchev–Trinajstić information content (AvgIpc) is 2.87. The fourth-order valence-electron chi connectivity index (χ4n) is 6.70. The monoisotopic (exact) mass is 388 g/mol. The summed E-state index contributed by atoms with van der Waals surface area (Å²) in [5.41, 5.74) is 1.62. The first-order valence-corrected chi connectivity index (χ1v) is 11.7. The minimum absolute atomic E-state index is 0.0543. The van der Waals surface area contributed by atoms with Crippen molar-refractivity contribution in [3.8, 4) is 0 Å². The largest absolute Gasteiger partial charge is 0.325 e. The third-order valence-corrected chi connectivity index (χ3v) is 9.33. The molecule has 4 fully saturated rings. The smallest absolute Gasteiger partial charge is 0.240 e. The highest BCUT2D eigenvalue weighted by Crippen LogP contribution is 2.61. The van der Waals surface area contributed by atoms with Crippen LogP contribution in [0.15, 0.2) is 23.1 Å². The molecule has 0 spiro atoms. The second-order valence-electron chi connectivity index (χ2n) is 9.58. The minimum Gasteiger partial charge on any atom is -0.325 e. The molecule has 4 bridgehead atoms. The quantitative estimate of drug-likeness (QED) is 0.827. The Labute approximate surface area is 161 Å². The maximum absolute atomic E-state index is 13.1. The van der Waals surface area contributed by atoms with Crippen LogP contribution in [-0.4, -0.2) is 20.4 Å². The Morgan fingerprint density at radius 2 is 1.70 bits per heavy atom. The van der Waals surface area contributed by atoms with Gasteiger partial charge in [0, 0.05) is 11.7 Å². The molecule has 1 aromatic carbocycles. The van der Waals surface area contributed by atoms with Gasteiger partial charge in [-0.05, 0) is 99.3 Å². The van der Waals surface area contributed by atoms with Gasteiger partial charge in [-0.25, -0.2) is 13.1 Å². The molecule has 5 nitrogen and oxygen atoms in total. The molecule has 1 amide bonds. The number of carbonyl (C=O) groups excluding carboxylic acids is 1. The highest BCUT2D eigenvalue weighted by molar-refractivity contribution is 7.89. The van der Waals surface area contributed by atoms with E-state index in [9.17, 15) is 13.2 Å². The number of sulfonamides is 1. The summed E-state index contributed by atoms with van der Waals surface area (Å²) < 4.78 is 29.2. The molecule has 27 heavy (non-hydrogen) atoms. The van der Waals surface area contributed by atoms with E-state index in [1.54, 1.807) is 18.2 Å². The Morgan fingerprint density at radius 3 is 2.30 bits per heavy atom. The summed E-state index contributed by atoms with van der Waals surface area (Å²) in [5.74, 6) is 1.99. The lowest BCUT2D eigenvalue weighted by Crippen LogP contribution is -2.55. The molecule has 2 atom stereocenters. The third-order valence-electron chi connectivity index (χ3n) is 7.79. The molecule has 0 aromatic heterocycles. The molecule has 1 aromatic rings. The zero-order valence-electron chi connectivity index (χ0n) is 16.0. The van der Waals surface area contributed by atoms with Gasteiger partial charge in [-0.2, -0.15) is 0 Å². The summed E-state index contributed by atoms with van der Waals surface area (Å²) in [6.07, 6.45) is 7.56. The van der Waals surface area contributed by atoms with Gasteiger partial charge in [0.05, 0.1) is 10.8 Å². The Balaban J connectivity index is 1.40. The van der Waals surface area contributed by atoms with Crippen LogP contribution in [0.25, 0.3) is 0 Å². The molecule has 0 unspecified atom stereocenters. The average molecular weight is 389 g/mol. The molecule has 4 saturated carbocycles. The van der Waals surface area contributed by atoms with Crippen LogP contribution in [0, 0.1) is 23.2 Å². The van der Waals surface area contributed by atoms with Gasteiger partial charge < -0.3 is 5.32 Å². The maximum atomic E-state index is 13.1. The molecule has 4 aliphatic carbocycles. The number of carbonyl (C=O) groups is 1. The SMILES string of the molecule is C[C@@H]1C(=O)Nc2ccc(S(=O)(=O)N[C@@H](C)C34CC5CC(CC(C5)C3)C4)cc21. The van der Waals surface area contributed by atoms with Crippen LogP contribution >= 0.6 is 0 Å². The van der Waals surface area contributed by atoms with Gasteiger partial charge in [-0.15, -0.1) is 0 Å². The number of hydrogen-bond acceptors (Lipinski definition) is 3. The van der Waals surface area contributed by atoms with E-state index >= 15 is 0 Å². The van der Waals surface area contributed by atoms with Crippen LogP contribution in [0.1, 0.15) is 63.9 Å². The number of fused-ring (bicyclic) bond motifs is 1. The number of hydrogen-bond donors (Lipinski definition) is 2. The van der Waals surface area contributed by atoms with E-state index < -0.39 is 10.0 Å². The molecule has 6 rings (SSSR count). The summed E-state index contributed by atoms with van der Waals surface area (Å²) >= 11 is 0. The summed E-state index contributed by atoms with van der Waals surface area (Å²) in [6.45, 7) is 3.87. The lowest BCUT2D eigenvalue weighted by Gasteiger charge is -2.59. The Morgan fingerprint density at radius 1 is 1.11 bits per heavy atom. The van der Waals surface area contributed by atoms with Gasteiger partial charge in [0.15, 0.2) is 0 Å². The minimum atomic E-state index is -3.60. The number of nitrogens with one attached hydrogen (secondary N) is 2. The van der Waals surface area contributed by atoms with Crippen molar-refractivity contribution in [3.63, 3.8) is 0 Å². The Bertz CT molecular complexity index is 873. The van der Waals surface area contributed by atoms with Crippen molar-refractivity contribution in [2.75, 3.05) is 5.32 Å². The number of anilines is 1. The van der Waals surface area contributed by atoms with E-state index in [4.69, 9.17) is 0 Å². The van der Waals surface area contributed by atoms with Gasteiger partial charge in [-0.3, -0.25) is 4.79 Å². The Kier molecular flexibility index (Phi) is 3.80. The zero-order valence-corrected chi connectivity index (χ0v) is 16.8. The molecule has 2 N–H and O–H groups in total. The lowest BCUT2D eigenvalue weighted by atomic mass is 9.48. The van der Waals surface area contributed by atoms with E-state index in [0.717, 1.165) is 29.0 Å². The summed E-state index contributed by atoms with van der Waals surface area (Å²) in [5, 5.41) is 2.80. The summed E-state index contributed by atoms with van der Waals surface area (Å²) in [6, 6.07) is 4.92. The third kappa shape index (κ3) is 2.75. The molecule has 146 valence electrons. The van der Waals surface area contributed by atoms with E-state index in [0.29, 0.717) is 0 Å². The molecule has 1 heterocycles. The van der Waals surface area contributed by atoms with Crippen LogP contribution < -0.4 is 10.0 Å². The van der Waals surface area contributed by atoms with Crippen molar-refractivity contribution in [1.29, 1.82) is 0 Å². The highest BCUT2D eigenvalue weighted by atomic mass is 32.2. The highest BCUT2D eigenvalue weighted by Gasteiger charge is 2.53. The predicted molar refractivity (Wildman–Crippen MR) is 104 cm³/mol. The molecule has 5 aliphatic rings. The van der Waals surface area contributed by atoms with E-state index in [2.05, 4.69) is 17.0 Å². The van der Waals surface area contributed by atoms with Crippen molar-refractivity contribution in [3.05, 3.63) is 23.8 Å². The maximum Gasteiger partial charge on any atom is 0.240 e. The first kappa shape index (κ1) is 17.7. The first-order chi connectivity index (χ1) is 12.8. The van der Waals surface area contributed by atoms with Gasteiger partial charge in [0.2, 0.25) is 15.9 Å². The van der Waals surface area contributed by atoms with E-state index in [1.807, 2.05) is 6.92 Å². The van der Waals surface area contributed by atoms with Gasteiger partial charge in [0.1, 0.15) is 0 Å². The summed E-state index contributed by atoms with van der Waals surface area (Å²) in [7, 11) is -3.60. The zero-order chi connectivity index (χ0) is 19.0. The predicted octanol–water partition coefficient (Wildman–Crippen LogP) is 3.63. The number of benzene rings is 1. The van der Waals surface area contributed by atoms with Crippen LogP contribution in [-0.2, 0) is 14.8 Å². The van der Waals surface area contributed by atoms with Crippen LogP contribution in [0.4, 0.5) is 5.69 Å². The number of amides is 1. The van der Waals surface area contributed by atoms with Gasteiger partial charge in [-0.1, -0.05) is 0 Å². The molecular weight excluding hydrogens is 360 g/mol. The molecule has 0 radical (unpaired) electrons. The standard InChI is InChI=1S/C21H28N2O3S/c1-12-18-8-17(3-4-19(18)22-20(12)24)27(25,26)23-13(2)21-9-14-5-15(10-21)7-16(6-14)11-21/h3-4,8,12-16,23H,5-7,9-11H2,1-2H3,(H,22,24)/t12-,13-,14?,15?,16?,21?/m0/s1. The van der Waals surface area contributed by atoms with Crippen LogP contribution in [0.5, 0.6) is 0 Å². The van der Waals surface area contributed by atoms with E-state index in [1.165, 1.54) is 38.5 Å². The van der Waals surface area contributed by atoms with Gasteiger partial charge in [0.25, 0.3) is 0 Å². The second kappa shape index (κ2) is 5.80. The molecule has 1 aliphatic heterocycles. The summed E-state index contributed by atoms with van der Waals surface area (Å²) in [4.78, 5) is 12.1. The van der Waals surface area contributed by atoms with Crippen LogP contribution in [0.2, 0.25) is 0 Å². The van der Waals surface area contributed by atoms with Crippen molar-refractivity contribution < 1.29 is 13.2 Å². The first-order valence-electron chi connectivity index (χ1n) is 10.2. The molecular formula is C21H28N2O3S. The second-order valence-corrected chi connectivity index (χ2v) is 11.3. The Hall–Kier alpha value is -1.40. The van der Waals surface area contributed by atoms with Gasteiger partial charge >= 0.3 is 0 Å². The fraction of sp³-hybridized carbons (Fsp3) is 0.667. The van der Waals surface area contributed by atoms with Crippen molar-refractivity contribution in [2.24, 2.45) is 23.2 Å². The number of rotatable bonds is 4. The van der Waals surface area contributed by atoms with E-state index in [-0.39, 0.29) is 28.2 Å². The van der Waals surface area contributed by atoms with Crippen molar-refractivity contribution in [1.82, 2.24) is 4.72 Å². The van der Waals surface area contributed by atoms with Crippen molar-refractivity contribution in [2.45, 2.75) is 69.2 Å². The molecule has 6 heteroatoms. The van der Waals surface area contributed by atoms with Crippen LogP contribution in [0.3, 0.4) is 0 Å².